The number of aryl methyl sites for hydroxylation is 1. The molecule has 1 amide bonds. The Morgan fingerprint density at radius 2 is 1.90 bits per heavy atom. The minimum Gasteiger partial charge on any atom is -0.452 e. The Hall–Kier alpha value is -3.81. The molecule has 4 rings (SSSR count). The van der Waals surface area contributed by atoms with Crippen molar-refractivity contribution in [3.8, 4) is 5.69 Å². The number of carbonyl (C=O) groups is 3. The highest BCUT2D eigenvalue weighted by Crippen LogP contribution is 2.32. The highest BCUT2D eigenvalue weighted by Gasteiger charge is 2.27. The van der Waals surface area contributed by atoms with E-state index in [-0.39, 0.29) is 23.3 Å². The Kier molecular flexibility index (Phi) is 4.67. The fourth-order valence-electron chi connectivity index (χ4n) is 3.12. The van der Waals surface area contributed by atoms with E-state index in [9.17, 15) is 14.4 Å². The zero-order chi connectivity index (χ0) is 20.5. The number of nitrogens with zero attached hydrogens (tertiary/aromatic N) is 3. The van der Waals surface area contributed by atoms with Crippen LogP contribution in [0.25, 0.3) is 5.69 Å². The fraction of sp³-hybridized carbons (Fsp3) is 0.190. The van der Waals surface area contributed by atoms with E-state index in [1.807, 2.05) is 30.3 Å². The van der Waals surface area contributed by atoms with E-state index in [0.29, 0.717) is 22.6 Å². The van der Waals surface area contributed by atoms with Crippen molar-refractivity contribution >= 4 is 23.3 Å². The van der Waals surface area contributed by atoms with E-state index in [1.54, 1.807) is 32.0 Å². The summed E-state index contributed by atoms with van der Waals surface area (Å²) in [6.07, 6.45) is 0. The van der Waals surface area contributed by atoms with Gasteiger partial charge in [-0.05, 0) is 49.7 Å². The monoisotopic (exact) mass is 390 g/mol. The number of ketones is 1. The number of anilines is 1. The summed E-state index contributed by atoms with van der Waals surface area (Å²) in [6.45, 7) is 3.00. The van der Waals surface area contributed by atoms with Gasteiger partial charge in [0, 0.05) is 11.3 Å². The van der Waals surface area contributed by atoms with Crippen molar-refractivity contribution in [1.82, 2.24) is 15.0 Å². The molecule has 29 heavy (non-hydrogen) atoms. The van der Waals surface area contributed by atoms with Crippen molar-refractivity contribution in [3.63, 3.8) is 0 Å². The zero-order valence-corrected chi connectivity index (χ0v) is 15.9. The molecule has 0 unspecified atom stereocenters. The highest BCUT2D eigenvalue weighted by atomic mass is 16.5. The van der Waals surface area contributed by atoms with Gasteiger partial charge in [0.2, 0.25) is 5.91 Å². The Morgan fingerprint density at radius 1 is 1.14 bits per heavy atom. The van der Waals surface area contributed by atoms with Crippen molar-refractivity contribution in [2.45, 2.75) is 19.8 Å². The van der Waals surface area contributed by atoms with Crippen molar-refractivity contribution in [2.24, 2.45) is 0 Å². The van der Waals surface area contributed by atoms with Gasteiger partial charge in [0.05, 0.1) is 17.3 Å². The normalized spacial score (nSPS) is 15.0. The lowest BCUT2D eigenvalue weighted by atomic mass is 9.99. The second-order valence-electron chi connectivity index (χ2n) is 6.77. The molecule has 8 nitrogen and oxygen atoms in total. The predicted molar refractivity (Wildman–Crippen MR) is 104 cm³/mol. The Labute approximate surface area is 166 Å². The number of hydrogen-bond acceptors (Lipinski definition) is 6. The van der Waals surface area contributed by atoms with Crippen molar-refractivity contribution < 1.29 is 19.1 Å². The topological polar surface area (TPSA) is 103 Å². The van der Waals surface area contributed by atoms with Gasteiger partial charge in [0.25, 0.3) is 0 Å². The maximum atomic E-state index is 12.5. The number of nitrogens with one attached hydrogen (secondary N) is 1. The lowest BCUT2D eigenvalue weighted by Gasteiger charge is -2.06. The van der Waals surface area contributed by atoms with Crippen LogP contribution in [0.1, 0.15) is 44.9 Å². The summed E-state index contributed by atoms with van der Waals surface area (Å²) < 4.78 is 5.15. The van der Waals surface area contributed by atoms with Gasteiger partial charge in [-0.25, -0.2) is 4.79 Å². The molecule has 1 aliphatic rings. The Bertz CT molecular complexity index is 1120. The molecule has 0 saturated heterocycles. The number of hydrogen-bond donors (Lipinski definition) is 1. The van der Waals surface area contributed by atoms with E-state index in [1.165, 1.54) is 4.80 Å². The van der Waals surface area contributed by atoms with Crippen molar-refractivity contribution in [2.75, 3.05) is 11.9 Å². The lowest BCUT2D eigenvalue weighted by molar-refractivity contribution is -0.116. The molecular weight excluding hydrogens is 372 g/mol. The third kappa shape index (κ3) is 3.52. The molecule has 0 bridgehead atoms. The van der Waals surface area contributed by atoms with Crippen LogP contribution in [0, 0.1) is 6.92 Å². The summed E-state index contributed by atoms with van der Waals surface area (Å²) in [5.74, 6) is -1.51. The Morgan fingerprint density at radius 3 is 2.66 bits per heavy atom. The van der Waals surface area contributed by atoms with Crippen LogP contribution in [0.5, 0.6) is 0 Å². The zero-order valence-electron chi connectivity index (χ0n) is 15.9. The number of carbonyl (C=O) groups excluding carboxylic acids is 3. The molecule has 146 valence electrons. The number of para-hydroxylation sites is 1. The lowest BCUT2D eigenvalue weighted by Crippen LogP contribution is -2.15. The molecule has 8 heteroatoms. The van der Waals surface area contributed by atoms with Crippen molar-refractivity contribution in [1.29, 1.82) is 0 Å². The van der Waals surface area contributed by atoms with Gasteiger partial charge < -0.3 is 10.1 Å². The van der Waals surface area contributed by atoms with Gasteiger partial charge in [0.15, 0.2) is 18.1 Å². The number of ether oxygens (including phenoxy) is 1. The molecule has 1 aliphatic heterocycles. The number of aromatic nitrogens is 3. The van der Waals surface area contributed by atoms with E-state index >= 15 is 0 Å². The van der Waals surface area contributed by atoms with Crippen LogP contribution in [0.3, 0.4) is 0 Å². The second kappa shape index (κ2) is 7.31. The summed E-state index contributed by atoms with van der Waals surface area (Å²) >= 11 is 0. The van der Waals surface area contributed by atoms with E-state index < -0.39 is 12.6 Å². The molecule has 1 N–H and O–H groups in total. The number of benzene rings is 2. The molecule has 0 fully saturated rings. The summed E-state index contributed by atoms with van der Waals surface area (Å²) in [5.41, 5.74) is 3.00. The van der Waals surface area contributed by atoms with Gasteiger partial charge in [-0.1, -0.05) is 18.2 Å². The molecule has 3 aromatic rings. The van der Waals surface area contributed by atoms with E-state index in [0.717, 1.165) is 5.56 Å². The van der Waals surface area contributed by atoms with Crippen LogP contribution >= 0.6 is 0 Å². The van der Waals surface area contributed by atoms with Gasteiger partial charge >= 0.3 is 5.97 Å². The van der Waals surface area contributed by atoms with Crippen LogP contribution in [-0.2, 0) is 9.53 Å². The summed E-state index contributed by atoms with van der Waals surface area (Å²) in [5, 5.41) is 11.1. The molecule has 1 atom stereocenters. The largest absolute Gasteiger partial charge is 0.452 e. The molecule has 2 heterocycles. The first-order valence-corrected chi connectivity index (χ1v) is 9.08. The summed E-state index contributed by atoms with van der Waals surface area (Å²) in [6, 6.07) is 14.1. The summed E-state index contributed by atoms with van der Waals surface area (Å²) in [4.78, 5) is 37.9. The standard InChI is InChI=1S/C21H18N4O4/c1-12-16-10-14(8-9-17(16)22-20(12)27)18(26)11-29-21(28)19-13(2)23-25(24-19)15-6-4-3-5-7-15/h3-10,12H,11H2,1-2H3,(H,22,27)/t12-/m1/s1. The molecular formula is C21H18N4O4. The maximum Gasteiger partial charge on any atom is 0.361 e. The molecule has 0 aliphatic carbocycles. The molecule has 0 radical (unpaired) electrons. The minimum absolute atomic E-state index is 0.0547. The average Bonchev–Trinajstić information content (AvgIpc) is 3.26. The smallest absolute Gasteiger partial charge is 0.361 e. The second-order valence-corrected chi connectivity index (χ2v) is 6.77. The number of fused-ring (bicyclic) bond motifs is 1. The van der Waals surface area contributed by atoms with Gasteiger partial charge in [-0.3, -0.25) is 9.59 Å². The van der Waals surface area contributed by atoms with E-state index in [4.69, 9.17) is 4.74 Å². The van der Waals surface area contributed by atoms with Gasteiger partial charge in [-0.2, -0.15) is 9.90 Å². The average molecular weight is 390 g/mol. The van der Waals surface area contributed by atoms with Crippen LogP contribution in [0.2, 0.25) is 0 Å². The van der Waals surface area contributed by atoms with Crippen molar-refractivity contribution in [3.05, 3.63) is 71.0 Å². The predicted octanol–water partition coefficient (Wildman–Crippen LogP) is 2.67. The number of Topliss-reactive ketones (excluding diaryl/α,β-unsaturated/α-hetero) is 1. The van der Waals surface area contributed by atoms with Gasteiger partial charge in [-0.15, -0.1) is 5.10 Å². The van der Waals surface area contributed by atoms with Crippen LogP contribution in [0.4, 0.5) is 5.69 Å². The Balaban J connectivity index is 1.45. The van der Waals surface area contributed by atoms with Crippen LogP contribution in [0.15, 0.2) is 48.5 Å². The SMILES string of the molecule is Cc1nn(-c2ccccc2)nc1C(=O)OCC(=O)c1ccc2c(c1)[C@@H](C)C(=O)N2. The van der Waals surface area contributed by atoms with E-state index in [2.05, 4.69) is 15.5 Å². The molecule has 1 aromatic heterocycles. The molecule has 2 aromatic carbocycles. The first-order chi connectivity index (χ1) is 13.9. The summed E-state index contributed by atoms with van der Waals surface area (Å²) in [7, 11) is 0. The maximum absolute atomic E-state index is 12.5. The third-order valence-corrected chi connectivity index (χ3v) is 4.79. The molecule has 0 saturated carbocycles. The molecule has 0 spiro atoms. The minimum atomic E-state index is -0.718. The first-order valence-electron chi connectivity index (χ1n) is 9.08. The van der Waals surface area contributed by atoms with Crippen LogP contribution in [-0.4, -0.2) is 39.3 Å². The number of rotatable bonds is 5. The van der Waals surface area contributed by atoms with Gasteiger partial charge in [0.1, 0.15) is 0 Å². The number of amides is 1. The quantitative estimate of drug-likeness (QED) is 0.531. The first kappa shape index (κ1) is 18.5. The third-order valence-electron chi connectivity index (χ3n) is 4.79. The number of esters is 1. The van der Waals surface area contributed by atoms with Crippen LogP contribution < -0.4 is 5.32 Å². The fourth-order valence-corrected chi connectivity index (χ4v) is 3.12. The highest BCUT2D eigenvalue weighted by molar-refractivity contribution is 6.05.